The lowest BCUT2D eigenvalue weighted by atomic mass is 10.1. The quantitative estimate of drug-likeness (QED) is 0.287. The number of methoxy groups -OCH3 is 1. The first kappa shape index (κ1) is 20.4. The van der Waals surface area contributed by atoms with Crippen LogP contribution in [-0.2, 0) is 0 Å². The molecule has 2 aromatic carbocycles. The highest BCUT2D eigenvalue weighted by Gasteiger charge is 2.30. The molecule has 1 amide bonds. The molecule has 0 saturated heterocycles. The summed E-state index contributed by atoms with van der Waals surface area (Å²) in [6.07, 6.45) is 0. The van der Waals surface area contributed by atoms with Gasteiger partial charge in [0.05, 0.1) is 7.11 Å². The van der Waals surface area contributed by atoms with Crippen molar-refractivity contribution in [1.29, 1.82) is 0 Å². The Kier molecular flexibility index (Phi) is 6.39. The van der Waals surface area contributed by atoms with Gasteiger partial charge in [-0.15, -0.1) is 0 Å². The molecule has 2 N–H and O–H groups in total. The van der Waals surface area contributed by atoms with Gasteiger partial charge >= 0.3 is 0 Å². The molecule has 0 unspecified atom stereocenters. The average Bonchev–Trinajstić information content (AvgIpc) is 2.56. The molecule has 0 aliphatic carbocycles. The van der Waals surface area contributed by atoms with Crippen LogP contribution in [0.15, 0.2) is 18.2 Å². The molecule has 0 radical (unpaired) electrons. The van der Waals surface area contributed by atoms with E-state index >= 15 is 0 Å². The number of benzene rings is 2. The topological polar surface area (TPSA) is 50.4 Å². The molecule has 0 aromatic heterocycles. The van der Waals surface area contributed by atoms with Crippen LogP contribution in [0.2, 0.25) is 0 Å². The van der Waals surface area contributed by atoms with E-state index in [4.69, 9.17) is 12.2 Å². The number of hydrogen-bond acceptors (Lipinski definition) is 3. The molecule has 138 valence electrons. The van der Waals surface area contributed by atoms with Crippen molar-refractivity contribution in [3.63, 3.8) is 0 Å². The molecule has 26 heavy (non-hydrogen) atoms. The SMILES string of the molecule is COc1c(F)c(F)c(C(=O)NC(=S)Nc2ccc(I)cc2C)c(F)c1F. The Morgan fingerprint density at radius 3 is 2.19 bits per heavy atom. The van der Waals surface area contributed by atoms with Crippen molar-refractivity contribution < 1.29 is 27.1 Å². The lowest BCUT2D eigenvalue weighted by Crippen LogP contribution is -2.35. The third kappa shape index (κ3) is 4.06. The molecule has 10 heteroatoms. The molecule has 0 saturated carbocycles. The number of rotatable bonds is 3. The Morgan fingerprint density at radius 2 is 1.69 bits per heavy atom. The summed E-state index contributed by atoms with van der Waals surface area (Å²) in [5.41, 5.74) is -0.0968. The highest BCUT2D eigenvalue weighted by atomic mass is 127. The zero-order valence-corrected chi connectivity index (χ0v) is 16.3. The van der Waals surface area contributed by atoms with Crippen molar-refractivity contribution in [2.45, 2.75) is 6.92 Å². The van der Waals surface area contributed by atoms with E-state index in [0.29, 0.717) is 5.69 Å². The summed E-state index contributed by atoms with van der Waals surface area (Å²) in [5, 5.41) is 4.36. The Hall–Kier alpha value is -1.95. The summed E-state index contributed by atoms with van der Waals surface area (Å²) in [5.74, 6) is -10.1. The summed E-state index contributed by atoms with van der Waals surface area (Å²) in [6, 6.07) is 5.29. The van der Waals surface area contributed by atoms with Crippen LogP contribution < -0.4 is 15.4 Å². The van der Waals surface area contributed by atoms with Gasteiger partial charge < -0.3 is 10.1 Å². The van der Waals surface area contributed by atoms with E-state index in [0.717, 1.165) is 16.2 Å². The number of ether oxygens (including phenoxy) is 1. The maximum atomic E-state index is 13.9. The molecule has 0 aliphatic heterocycles. The number of thiocarbonyl (C=S) groups is 1. The molecule has 4 nitrogen and oxygen atoms in total. The zero-order valence-electron chi connectivity index (χ0n) is 13.3. The van der Waals surface area contributed by atoms with Crippen molar-refractivity contribution >= 4 is 51.5 Å². The van der Waals surface area contributed by atoms with Gasteiger partial charge in [0.15, 0.2) is 22.5 Å². The third-order valence-corrected chi connectivity index (χ3v) is 4.19. The molecule has 2 aromatic rings. The number of nitrogens with one attached hydrogen (secondary N) is 2. The number of aryl methyl sites for hydroxylation is 1. The largest absolute Gasteiger partial charge is 0.491 e. The Bertz CT molecular complexity index is 879. The molecule has 0 bridgehead atoms. The van der Waals surface area contributed by atoms with Crippen LogP contribution in [0.5, 0.6) is 5.75 Å². The molecule has 2 rings (SSSR count). The fourth-order valence-electron chi connectivity index (χ4n) is 2.08. The maximum Gasteiger partial charge on any atom is 0.263 e. The minimum Gasteiger partial charge on any atom is -0.491 e. The number of anilines is 1. The predicted molar refractivity (Wildman–Crippen MR) is 100 cm³/mol. The van der Waals surface area contributed by atoms with Gasteiger partial charge in [0.25, 0.3) is 5.91 Å². The van der Waals surface area contributed by atoms with Gasteiger partial charge in [-0.2, -0.15) is 8.78 Å². The fourth-order valence-corrected chi connectivity index (χ4v) is 2.93. The smallest absolute Gasteiger partial charge is 0.263 e. The van der Waals surface area contributed by atoms with E-state index in [1.807, 2.05) is 11.4 Å². The van der Waals surface area contributed by atoms with E-state index in [9.17, 15) is 22.4 Å². The van der Waals surface area contributed by atoms with E-state index in [1.54, 1.807) is 19.1 Å². The van der Waals surface area contributed by atoms with Crippen LogP contribution in [0.1, 0.15) is 15.9 Å². The van der Waals surface area contributed by atoms with Crippen molar-refractivity contribution in [2.75, 3.05) is 12.4 Å². The molecule has 0 aliphatic rings. The van der Waals surface area contributed by atoms with Gasteiger partial charge in [0.1, 0.15) is 5.56 Å². The van der Waals surface area contributed by atoms with Crippen LogP contribution in [0.25, 0.3) is 0 Å². The Morgan fingerprint density at radius 1 is 1.12 bits per heavy atom. The van der Waals surface area contributed by atoms with E-state index < -0.39 is 40.5 Å². The van der Waals surface area contributed by atoms with Crippen molar-refractivity contribution in [1.82, 2.24) is 5.32 Å². The first-order valence-corrected chi connectivity index (χ1v) is 8.44. The standard InChI is InChI=1S/C16H11F4IN2O2S/c1-6-5-7(21)3-4-8(6)22-16(26)23-15(24)9-10(17)12(19)14(25-2)13(20)11(9)18/h3-5H,1-2H3,(H2,22,23,24,26). The van der Waals surface area contributed by atoms with Crippen LogP contribution >= 0.6 is 34.8 Å². The molecule has 0 atom stereocenters. The number of carbonyl (C=O) groups excluding carboxylic acids is 1. The normalized spacial score (nSPS) is 10.4. The molecular formula is C16H11F4IN2O2S. The lowest BCUT2D eigenvalue weighted by Gasteiger charge is -2.14. The molecule has 0 fully saturated rings. The predicted octanol–water partition coefficient (Wildman–Crippen LogP) is 4.29. The third-order valence-electron chi connectivity index (χ3n) is 3.32. The van der Waals surface area contributed by atoms with Crippen molar-refractivity contribution in [3.8, 4) is 5.75 Å². The first-order chi connectivity index (χ1) is 12.2. The van der Waals surface area contributed by atoms with Gasteiger partial charge in [-0.25, -0.2) is 8.78 Å². The first-order valence-electron chi connectivity index (χ1n) is 6.95. The number of halogens is 5. The summed E-state index contributed by atoms with van der Waals surface area (Å²) < 4.78 is 60.5. The highest BCUT2D eigenvalue weighted by Crippen LogP contribution is 2.29. The number of hydrogen-bond donors (Lipinski definition) is 2. The Balaban J connectivity index is 2.26. The van der Waals surface area contributed by atoms with Gasteiger partial charge in [-0.05, 0) is 65.5 Å². The second kappa shape index (κ2) is 8.16. The van der Waals surface area contributed by atoms with Gasteiger partial charge in [0, 0.05) is 9.26 Å². The fraction of sp³-hybridized carbons (Fsp3) is 0.125. The van der Waals surface area contributed by atoms with E-state index in [1.165, 1.54) is 0 Å². The van der Waals surface area contributed by atoms with E-state index in [2.05, 4.69) is 32.6 Å². The zero-order chi connectivity index (χ0) is 19.6. The Labute approximate surface area is 165 Å². The van der Waals surface area contributed by atoms with Gasteiger partial charge in [-0.3, -0.25) is 10.1 Å². The molecule has 0 heterocycles. The summed E-state index contributed by atoms with van der Waals surface area (Å²) in [7, 11) is 0.836. The summed E-state index contributed by atoms with van der Waals surface area (Å²) >= 11 is 7.01. The molecular weight excluding hydrogens is 487 g/mol. The summed E-state index contributed by atoms with van der Waals surface area (Å²) in [4.78, 5) is 12.0. The number of carbonyl (C=O) groups is 1. The van der Waals surface area contributed by atoms with Crippen molar-refractivity contribution in [3.05, 3.63) is 56.2 Å². The van der Waals surface area contributed by atoms with Crippen LogP contribution in [0.4, 0.5) is 23.2 Å². The summed E-state index contributed by atoms with van der Waals surface area (Å²) in [6.45, 7) is 1.78. The van der Waals surface area contributed by atoms with Gasteiger partial charge in [-0.1, -0.05) is 0 Å². The van der Waals surface area contributed by atoms with Gasteiger partial charge in [0.2, 0.25) is 11.6 Å². The van der Waals surface area contributed by atoms with E-state index in [-0.39, 0.29) is 5.11 Å². The minimum atomic E-state index is -1.88. The second-order valence-corrected chi connectivity index (χ2v) is 6.69. The number of amides is 1. The molecule has 0 spiro atoms. The van der Waals surface area contributed by atoms with Crippen LogP contribution in [-0.4, -0.2) is 18.1 Å². The average molecular weight is 498 g/mol. The lowest BCUT2D eigenvalue weighted by molar-refractivity contribution is 0.0966. The second-order valence-electron chi connectivity index (χ2n) is 5.03. The van der Waals surface area contributed by atoms with Crippen LogP contribution in [0, 0.1) is 33.8 Å². The maximum absolute atomic E-state index is 13.9. The van der Waals surface area contributed by atoms with Crippen molar-refractivity contribution in [2.24, 2.45) is 0 Å². The van der Waals surface area contributed by atoms with Crippen LogP contribution in [0.3, 0.4) is 0 Å². The highest BCUT2D eigenvalue weighted by molar-refractivity contribution is 14.1. The minimum absolute atomic E-state index is 0.297. The monoisotopic (exact) mass is 498 g/mol.